The Hall–Kier alpha value is -1.01. The predicted molar refractivity (Wildman–Crippen MR) is 84.7 cm³/mol. The van der Waals surface area contributed by atoms with Gasteiger partial charge in [0.1, 0.15) is 11.6 Å². The summed E-state index contributed by atoms with van der Waals surface area (Å²) in [5.74, 6) is 1.81. The number of aromatic nitrogens is 2. The zero-order valence-electron chi connectivity index (χ0n) is 12.3. The van der Waals surface area contributed by atoms with Crippen molar-refractivity contribution in [1.82, 2.24) is 9.97 Å². The maximum absolute atomic E-state index is 9.30. The van der Waals surface area contributed by atoms with Crippen LogP contribution in [0.3, 0.4) is 0 Å². The monoisotopic (exact) mass is 296 g/mol. The number of nitrogens with one attached hydrogen (secondary N) is 1. The predicted octanol–water partition coefficient (Wildman–Crippen LogP) is 2.37. The second kappa shape index (κ2) is 7.69. The van der Waals surface area contributed by atoms with E-state index in [2.05, 4.69) is 27.1 Å². The zero-order chi connectivity index (χ0) is 14.4. The third kappa shape index (κ3) is 3.76. The van der Waals surface area contributed by atoms with E-state index < -0.39 is 0 Å². The Labute approximate surface area is 125 Å². The maximum Gasteiger partial charge on any atom is 0.191 e. The molecule has 0 aliphatic heterocycles. The molecule has 0 amide bonds. The minimum absolute atomic E-state index is 0.160. The molecule has 0 radical (unpaired) electrons. The minimum atomic E-state index is 0.160. The van der Waals surface area contributed by atoms with Crippen LogP contribution < -0.4 is 10.2 Å². The van der Waals surface area contributed by atoms with Crippen molar-refractivity contribution >= 4 is 23.4 Å². The molecule has 1 aliphatic rings. The summed E-state index contributed by atoms with van der Waals surface area (Å²) in [5.41, 5.74) is 0. The number of hydrogen-bond donors (Lipinski definition) is 2. The number of rotatable bonds is 8. The molecule has 0 atom stereocenters. The van der Waals surface area contributed by atoms with Gasteiger partial charge in [0.25, 0.3) is 0 Å². The second-order valence-electron chi connectivity index (χ2n) is 5.03. The summed E-state index contributed by atoms with van der Waals surface area (Å²) in [5, 5.41) is 13.4. The van der Waals surface area contributed by atoms with Crippen molar-refractivity contribution in [2.24, 2.45) is 0 Å². The van der Waals surface area contributed by atoms with E-state index >= 15 is 0 Å². The summed E-state index contributed by atoms with van der Waals surface area (Å²) in [7, 11) is 0. The summed E-state index contributed by atoms with van der Waals surface area (Å²) in [6, 6.07) is 2.52. The van der Waals surface area contributed by atoms with Gasteiger partial charge in [-0.25, -0.2) is 9.97 Å². The van der Waals surface area contributed by atoms with Crippen molar-refractivity contribution < 1.29 is 5.11 Å². The average Bonchev–Trinajstić information content (AvgIpc) is 2.42. The number of anilines is 2. The molecule has 1 saturated carbocycles. The quantitative estimate of drug-likeness (QED) is 0.567. The van der Waals surface area contributed by atoms with E-state index in [0.29, 0.717) is 12.6 Å². The van der Waals surface area contributed by atoms with Crippen LogP contribution in [0.2, 0.25) is 0 Å². The van der Waals surface area contributed by atoms with Gasteiger partial charge in [0.15, 0.2) is 5.16 Å². The van der Waals surface area contributed by atoms with Crippen molar-refractivity contribution in [3.05, 3.63) is 6.07 Å². The lowest BCUT2D eigenvalue weighted by atomic mass is 9.91. The smallest absolute Gasteiger partial charge is 0.191 e. The molecule has 0 bridgehead atoms. The maximum atomic E-state index is 9.30. The van der Waals surface area contributed by atoms with E-state index in [1.807, 2.05) is 12.3 Å². The zero-order valence-corrected chi connectivity index (χ0v) is 13.1. The molecule has 1 aliphatic carbocycles. The first kappa shape index (κ1) is 15.4. The molecule has 0 spiro atoms. The van der Waals surface area contributed by atoms with Crippen LogP contribution in [0.4, 0.5) is 11.6 Å². The fourth-order valence-electron chi connectivity index (χ4n) is 2.29. The fraction of sp³-hybridized carbons (Fsp3) is 0.714. The molecule has 112 valence electrons. The fourth-order valence-corrected chi connectivity index (χ4v) is 2.66. The van der Waals surface area contributed by atoms with Crippen LogP contribution >= 0.6 is 11.8 Å². The molecule has 2 N–H and O–H groups in total. The van der Waals surface area contributed by atoms with Crippen LogP contribution in [-0.4, -0.2) is 47.1 Å². The summed E-state index contributed by atoms with van der Waals surface area (Å²) in [6.07, 6.45) is 6.71. The van der Waals surface area contributed by atoms with E-state index in [0.717, 1.165) is 29.8 Å². The molecule has 1 heterocycles. The van der Waals surface area contributed by atoms with E-state index in [4.69, 9.17) is 0 Å². The van der Waals surface area contributed by atoms with E-state index in [-0.39, 0.29) is 6.61 Å². The summed E-state index contributed by atoms with van der Waals surface area (Å²) in [4.78, 5) is 11.3. The topological polar surface area (TPSA) is 61.3 Å². The van der Waals surface area contributed by atoms with Gasteiger partial charge in [-0.1, -0.05) is 18.7 Å². The third-order valence-corrected chi connectivity index (χ3v) is 4.13. The van der Waals surface area contributed by atoms with Crippen molar-refractivity contribution in [2.75, 3.05) is 36.2 Å². The Kier molecular flexibility index (Phi) is 5.91. The molecule has 0 saturated heterocycles. The van der Waals surface area contributed by atoms with Gasteiger partial charge in [-0.3, -0.25) is 0 Å². The molecule has 1 fully saturated rings. The van der Waals surface area contributed by atoms with Gasteiger partial charge in [-0.2, -0.15) is 0 Å². The van der Waals surface area contributed by atoms with Crippen LogP contribution in [-0.2, 0) is 0 Å². The minimum Gasteiger partial charge on any atom is -0.395 e. The lowest BCUT2D eigenvalue weighted by Gasteiger charge is -2.38. The van der Waals surface area contributed by atoms with Gasteiger partial charge in [-0.15, -0.1) is 0 Å². The van der Waals surface area contributed by atoms with Crippen LogP contribution in [0.5, 0.6) is 0 Å². The molecule has 20 heavy (non-hydrogen) atoms. The van der Waals surface area contributed by atoms with E-state index in [9.17, 15) is 5.11 Å². The largest absolute Gasteiger partial charge is 0.395 e. The van der Waals surface area contributed by atoms with Gasteiger partial charge in [-0.05, 0) is 31.9 Å². The highest BCUT2D eigenvalue weighted by Gasteiger charge is 2.26. The average molecular weight is 296 g/mol. The van der Waals surface area contributed by atoms with Crippen LogP contribution in [0.1, 0.15) is 32.6 Å². The number of aliphatic hydroxyl groups is 1. The lowest BCUT2D eigenvalue weighted by Crippen LogP contribution is -2.42. The molecule has 6 heteroatoms. The first-order chi connectivity index (χ1) is 9.78. The Morgan fingerprint density at radius 2 is 2.25 bits per heavy atom. The summed E-state index contributed by atoms with van der Waals surface area (Å²) >= 11 is 1.55. The first-order valence-electron chi connectivity index (χ1n) is 7.33. The van der Waals surface area contributed by atoms with Gasteiger partial charge in [0.2, 0.25) is 0 Å². The van der Waals surface area contributed by atoms with Gasteiger partial charge < -0.3 is 15.3 Å². The highest BCUT2D eigenvalue weighted by Crippen LogP contribution is 2.30. The second-order valence-corrected chi connectivity index (χ2v) is 5.80. The number of aliphatic hydroxyl groups excluding tert-OH is 1. The molecule has 2 rings (SSSR count). The molecule has 1 aromatic heterocycles. The van der Waals surface area contributed by atoms with Crippen molar-refractivity contribution in [3.8, 4) is 0 Å². The Morgan fingerprint density at radius 3 is 2.80 bits per heavy atom. The van der Waals surface area contributed by atoms with Gasteiger partial charge in [0, 0.05) is 25.2 Å². The highest BCUT2D eigenvalue weighted by atomic mass is 32.2. The van der Waals surface area contributed by atoms with E-state index in [1.165, 1.54) is 19.3 Å². The molecular weight excluding hydrogens is 272 g/mol. The first-order valence-corrected chi connectivity index (χ1v) is 8.55. The number of nitrogens with zero attached hydrogens (tertiary/aromatic N) is 3. The lowest BCUT2D eigenvalue weighted by molar-refractivity contribution is 0.282. The normalized spacial score (nSPS) is 14.9. The standard InChI is InChI=1S/C14H24N4OS/c1-3-7-15-12-10-13(17-14(16-12)20-2)18(8-9-19)11-5-4-6-11/h10-11,19H,3-9H2,1-2H3,(H,15,16,17). The van der Waals surface area contributed by atoms with Crippen molar-refractivity contribution in [2.45, 2.75) is 43.8 Å². The Balaban J connectivity index is 2.21. The molecule has 0 aromatic carbocycles. The number of hydrogen-bond acceptors (Lipinski definition) is 6. The van der Waals surface area contributed by atoms with E-state index in [1.54, 1.807) is 11.8 Å². The third-order valence-electron chi connectivity index (χ3n) is 3.58. The van der Waals surface area contributed by atoms with Crippen LogP contribution in [0.15, 0.2) is 11.2 Å². The molecule has 5 nitrogen and oxygen atoms in total. The van der Waals surface area contributed by atoms with Crippen LogP contribution in [0.25, 0.3) is 0 Å². The summed E-state index contributed by atoms with van der Waals surface area (Å²) < 4.78 is 0. The molecule has 0 unspecified atom stereocenters. The molecular formula is C14H24N4OS. The van der Waals surface area contributed by atoms with Crippen molar-refractivity contribution in [3.63, 3.8) is 0 Å². The SMILES string of the molecule is CCCNc1cc(N(CCO)C2CCC2)nc(SC)n1. The van der Waals surface area contributed by atoms with Gasteiger partial charge in [0.05, 0.1) is 6.61 Å². The van der Waals surface area contributed by atoms with Crippen LogP contribution in [0, 0.1) is 0 Å². The highest BCUT2D eigenvalue weighted by molar-refractivity contribution is 7.98. The van der Waals surface area contributed by atoms with Gasteiger partial charge >= 0.3 is 0 Å². The molecule has 1 aromatic rings. The summed E-state index contributed by atoms with van der Waals surface area (Å²) in [6.45, 7) is 3.85. The Bertz CT molecular complexity index is 426. The Morgan fingerprint density at radius 1 is 1.45 bits per heavy atom. The van der Waals surface area contributed by atoms with Crippen molar-refractivity contribution in [1.29, 1.82) is 0 Å². The number of thioether (sulfide) groups is 1.